The van der Waals surface area contributed by atoms with Crippen LogP contribution in [0, 0.1) is 6.92 Å². The standard InChI is InChI=1S/C13H13N3OS2/c1-8-6-15-11(19-8)7-16-13(17)10-4-2-3-9(5-10)12(14)18/h2-6H,7H2,1H3,(H2,14,18)(H,16,17). The first kappa shape index (κ1) is 13.6. The molecule has 0 radical (unpaired) electrons. The van der Waals surface area contributed by atoms with Crippen molar-refractivity contribution >= 4 is 34.5 Å². The summed E-state index contributed by atoms with van der Waals surface area (Å²) >= 11 is 6.46. The van der Waals surface area contributed by atoms with E-state index in [1.165, 1.54) is 0 Å². The van der Waals surface area contributed by atoms with Crippen molar-refractivity contribution in [1.82, 2.24) is 10.3 Å². The Bertz CT molecular complexity index is 622. The fourth-order valence-electron chi connectivity index (χ4n) is 1.55. The molecule has 19 heavy (non-hydrogen) atoms. The topological polar surface area (TPSA) is 68.0 Å². The van der Waals surface area contributed by atoms with Crippen molar-refractivity contribution in [2.45, 2.75) is 13.5 Å². The van der Waals surface area contributed by atoms with Gasteiger partial charge in [-0.2, -0.15) is 0 Å². The van der Waals surface area contributed by atoms with E-state index in [0.717, 1.165) is 9.88 Å². The van der Waals surface area contributed by atoms with Crippen LogP contribution >= 0.6 is 23.6 Å². The average Bonchev–Trinajstić information content (AvgIpc) is 2.82. The minimum Gasteiger partial charge on any atom is -0.389 e. The van der Waals surface area contributed by atoms with Gasteiger partial charge in [-0.05, 0) is 19.1 Å². The predicted octanol–water partition coefficient (Wildman–Crippen LogP) is 2.02. The first-order valence-corrected chi connectivity index (χ1v) is 6.88. The predicted molar refractivity (Wildman–Crippen MR) is 80.4 cm³/mol. The van der Waals surface area contributed by atoms with Gasteiger partial charge < -0.3 is 11.1 Å². The molecule has 0 saturated heterocycles. The molecule has 0 aliphatic rings. The molecule has 3 N–H and O–H groups in total. The third-order valence-corrected chi connectivity index (χ3v) is 3.63. The molecule has 0 aliphatic carbocycles. The first-order chi connectivity index (χ1) is 9.06. The highest BCUT2D eigenvalue weighted by Gasteiger charge is 2.08. The number of nitrogens with one attached hydrogen (secondary N) is 1. The Balaban J connectivity index is 2.03. The molecule has 6 heteroatoms. The lowest BCUT2D eigenvalue weighted by molar-refractivity contribution is 0.0951. The number of thiazole rings is 1. The summed E-state index contributed by atoms with van der Waals surface area (Å²) in [6, 6.07) is 6.95. The SMILES string of the molecule is Cc1cnc(CNC(=O)c2cccc(C(N)=S)c2)s1. The summed E-state index contributed by atoms with van der Waals surface area (Å²) < 4.78 is 0. The Morgan fingerprint density at radius 1 is 1.47 bits per heavy atom. The minimum absolute atomic E-state index is 0.161. The molecule has 1 aromatic heterocycles. The second kappa shape index (κ2) is 5.90. The molecule has 0 spiro atoms. The summed E-state index contributed by atoms with van der Waals surface area (Å²) in [5.41, 5.74) is 6.77. The lowest BCUT2D eigenvalue weighted by atomic mass is 10.1. The Hall–Kier alpha value is -1.79. The van der Waals surface area contributed by atoms with Crippen LogP contribution in [0.4, 0.5) is 0 Å². The van der Waals surface area contributed by atoms with E-state index in [9.17, 15) is 4.79 Å². The lowest BCUT2D eigenvalue weighted by Crippen LogP contribution is -2.23. The molecule has 1 heterocycles. The molecular formula is C13H13N3OS2. The van der Waals surface area contributed by atoms with Crippen molar-refractivity contribution in [1.29, 1.82) is 0 Å². The van der Waals surface area contributed by atoms with E-state index in [1.54, 1.807) is 41.8 Å². The van der Waals surface area contributed by atoms with Crippen LogP contribution in [0.25, 0.3) is 0 Å². The van der Waals surface area contributed by atoms with Crippen molar-refractivity contribution in [3.8, 4) is 0 Å². The number of amides is 1. The van der Waals surface area contributed by atoms with Gasteiger partial charge in [0, 0.05) is 22.2 Å². The summed E-state index contributed by atoms with van der Waals surface area (Å²) in [5, 5.41) is 3.71. The molecule has 4 nitrogen and oxygen atoms in total. The van der Waals surface area contributed by atoms with Gasteiger partial charge in [0.15, 0.2) is 0 Å². The van der Waals surface area contributed by atoms with Crippen molar-refractivity contribution in [2.75, 3.05) is 0 Å². The zero-order valence-corrected chi connectivity index (χ0v) is 12.0. The van der Waals surface area contributed by atoms with Gasteiger partial charge >= 0.3 is 0 Å². The van der Waals surface area contributed by atoms with Crippen molar-refractivity contribution in [3.63, 3.8) is 0 Å². The second-order valence-electron chi connectivity index (χ2n) is 3.99. The molecule has 0 bridgehead atoms. The van der Waals surface area contributed by atoms with Crippen LogP contribution in [-0.4, -0.2) is 15.9 Å². The number of aromatic nitrogens is 1. The van der Waals surface area contributed by atoms with E-state index >= 15 is 0 Å². The first-order valence-electron chi connectivity index (χ1n) is 5.65. The van der Waals surface area contributed by atoms with Crippen LogP contribution in [0.3, 0.4) is 0 Å². The molecule has 1 aromatic carbocycles. The summed E-state index contributed by atoms with van der Waals surface area (Å²) in [7, 11) is 0. The van der Waals surface area contributed by atoms with Crippen molar-refractivity contribution in [3.05, 3.63) is 51.5 Å². The number of aryl methyl sites for hydroxylation is 1. The number of carbonyl (C=O) groups is 1. The van der Waals surface area contributed by atoms with Gasteiger partial charge in [0.05, 0.1) is 6.54 Å². The number of hydrogen-bond donors (Lipinski definition) is 2. The largest absolute Gasteiger partial charge is 0.389 e. The Morgan fingerprint density at radius 3 is 2.84 bits per heavy atom. The Labute approximate surface area is 120 Å². The summed E-state index contributed by atoms with van der Waals surface area (Å²) in [6.07, 6.45) is 1.79. The summed E-state index contributed by atoms with van der Waals surface area (Å²) in [4.78, 5) is 17.6. The fourth-order valence-corrected chi connectivity index (χ4v) is 2.41. The molecule has 2 rings (SSSR count). The van der Waals surface area contributed by atoms with E-state index < -0.39 is 0 Å². The minimum atomic E-state index is -0.161. The average molecular weight is 291 g/mol. The second-order valence-corrected chi connectivity index (χ2v) is 5.75. The van der Waals surface area contributed by atoms with E-state index in [1.807, 2.05) is 6.92 Å². The van der Waals surface area contributed by atoms with Gasteiger partial charge in [-0.3, -0.25) is 4.79 Å². The quantitative estimate of drug-likeness (QED) is 0.846. The van der Waals surface area contributed by atoms with E-state index in [2.05, 4.69) is 10.3 Å². The molecule has 0 fully saturated rings. The van der Waals surface area contributed by atoms with Crippen molar-refractivity contribution in [2.24, 2.45) is 5.73 Å². The maximum atomic E-state index is 12.0. The maximum absolute atomic E-state index is 12.0. The molecular weight excluding hydrogens is 278 g/mol. The van der Waals surface area contributed by atoms with Crippen LogP contribution in [0.15, 0.2) is 30.5 Å². The summed E-state index contributed by atoms with van der Waals surface area (Å²) in [6.45, 7) is 2.41. The molecule has 98 valence electrons. The van der Waals surface area contributed by atoms with Gasteiger partial charge in [-0.1, -0.05) is 24.4 Å². The molecule has 0 aliphatic heterocycles. The maximum Gasteiger partial charge on any atom is 0.251 e. The number of hydrogen-bond acceptors (Lipinski definition) is 4. The highest BCUT2D eigenvalue weighted by atomic mass is 32.1. The number of benzene rings is 1. The normalized spacial score (nSPS) is 10.2. The van der Waals surface area contributed by atoms with Gasteiger partial charge in [-0.25, -0.2) is 4.98 Å². The fraction of sp³-hybridized carbons (Fsp3) is 0.154. The number of carbonyl (C=O) groups excluding carboxylic acids is 1. The molecule has 0 saturated carbocycles. The van der Waals surface area contributed by atoms with Gasteiger partial charge in [-0.15, -0.1) is 11.3 Å². The van der Waals surface area contributed by atoms with Gasteiger partial charge in [0.2, 0.25) is 0 Å². The lowest BCUT2D eigenvalue weighted by Gasteiger charge is -2.05. The number of thiocarbonyl (C=S) groups is 1. The zero-order chi connectivity index (χ0) is 13.8. The Morgan fingerprint density at radius 2 is 2.21 bits per heavy atom. The zero-order valence-electron chi connectivity index (χ0n) is 10.3. The van der Waals surface area contributed by atoms with Crippen LogP contribution in [0.2, 0.25) is 0 Å². The van der Waals surface area contributed by atoms with Crippen molar-refractivity contribution < 1.29 is 4.79 Å². The van der Waals surface area contributed by atoms with E-state index in [0.29, 0.717) is 17.7 Å². The third-order valence-electron chi connectivity index (χ3n) is 2.48. The number of nitrogens with two attached hydrogens (primary N) is 1. The van der Waals surface area contributed by atoms with Crippen LogP contribution in [-0.2, 0) is 6.54 Å². The highest BCUT2D eigenvalue weighted by Crippen LogP contribution is 2.11. The van der Waals surface area contributed by atoms with Gasteiger partial charge in [0.1, 0.15) is 10.00 Å². The number of nitrogens with zero attached hydrogens (tertiary/aromatic N) is 1. The number of rotatable bonds is 4. The monoisotopic (exact) mass is 291 g/mol. The third kappa shape index (κ3) is 3.59. The summed E-state index contributed by atoms with van der Waals surface area (Å²) in [5.74, 6) is -0.161. The van der Waals surface area contributed by atoms with Crippen LogP contribution < -0.4 is 11.1 Å². The van der Waals surface area contributed by atoms with E-state index in [4.69, 9.17) is 18.0 Å². The van der Waals surface area contributed by atoms with Crippen LogP contribution in [0.1, 0.15) is 25.8 Å². The highest BCUT2D eigenvalue weighted by molar-refractivity contribution is 7.80. The van der Waals surface area contributed by atoms with E-state index in [-0.39, 0.29) is 10.9 Å². The smallest absolute Gasteiger partial charge is 0.251 e. The molecule has 0 unspecified atom stereocenters. The molecule has 1 amide bonds. The molecule has 2 aromatic rings. The van der Waals surface area contributed by atoms with Crippen LogP contribution in [0.5, 0.6) is 0 Å². The van der Waals surface area contributed by atoms with Gasteiger partial charge in [0.25, 0.3) is 5.91 Å². The molecule has 0 atom stereocenters. The Kier molecular flexibility index (Phi) is 4.24.